The summed E-state index contributed by atoms with van der Waals surface area (Å²) in [5.41, 5.74) is 6.56. The van der Waals surface area contributed by atoms with Crippen molar-refractivity contribution in [3.63, 3.8) is 0 Å². The first kappa shape index (κ1) is 15.4. The van der Waals surface area contributed by atoms with E-state index in [-0.39, 0.29) is 5.84 Å². The van der Waals surface area contributed by atoms with Gasteiger partial charge in [0.25, 0.3) is 0 Å². The zero-order valence-electron chi connectivity index (χ0n) is 10.9. The highest BCUT2D eigenvalue weighted by Crippen LogP contribution is 2.36. The van der Waals surface area contributed by atoms with Crippen LogP contribution >= 0.6 is 39.5 Å². The number of nitrogens with two attached hydrogens (primary N) is 1. The fourth-order valence-corrected chi connectivity index (χ4v) is 4.06. The summed E-state index contributed by atoms with van der Waals surface area (Å²) in [6, 6.07) is 9.80. The zero-order chi connectivity index (χ0) is 14.5. The minimum Gasteiger partial charge on any atom is -0.384 e. The van der Waals surface area contributed by atoms with Crippen molar-refractivity contribution in [2.75, 3.05) is 5.75 Å². The molecule has 0 unspecified atom stereocenters. The van der Waals surface area contributed by atoms with E-state index >= 15 is 0 Å². The molecule has 0 atom stereocenters. The Hall–Kier alpha value is -0.980. The van der Waals surface area contributed by atoms with Gasteiger partial charge in [0.2, 0.25) is 0 Å². The van der Waals surface area contributed by atoms with E-state index in [9.17, 15) is 0 Å². The molecule has 0 amide bonds. The molecule has 0 spiro atoms. The van der Waals surface area contributed by atoms with Crippen LogP contribution in [-0.4, -0.2) is 16.6 Å². The molecule has 1 aromatic carbocycles. The number of nitrogen functional groups attached to an aromatic ring is 1. The maximum Gasteiger partial charge on any atom is 0.125 e. The van der Waals surface area contributed by atoms with Gasteiger partial charge < -0.3 is 5.73 Å². The maximum atomic E-state index is 7.83. The zero-order valence-corrected chi connectivity index (χ0v) is 14.1. The van der Waals surface area contributed by atoms with Crippen LogP contribution in [-0.2, 0) is 0 Å². The molecule has 1 aromatic heterocycles. The number of nitrogens with zero attached hydrogens (tertiary/aromatic N) is 1. The van der Waals surface area contributed by atoms with Gasteiger partial charge in [0.15, 0.2) is 0 Å². The van der Waals surface area contributed by atoms with Crippen molar-refractivity contribution in [2.45, 2.75) is 21.7 Å². The minimum atomic E-state index is 0.0936. The van der Waals surface area contributed by atoms with Gasteiger partial charge in [0, 0.05) is 21.6 Å². The molecule has 104 valence electrons. The lowest BCUT2D eigenvalue weighted by atomic mass is 10.2. The summed E-state index contributed by atoms with van der Waals surface area (Å²) < 4.78 is 0.938. The second kappa shape index (κ2) is 7.15. The van der Waals surface area contributed by atoms with Crippen molar-refractivity contribution in [3.8, 4) is 0 Å². The molecule has 0 saturated carbocycles. The molecular formula is C14H14BrN3S2. The molecule has 0 fully saturated rings. The molecule has 2 aromatic rings. The molecule has 1 heterocycles. The second-order valence-electron chi connectivity index (χ2n) is 3.87. The Labute approximate surface area is 135 Å². The molecule has 0 aliphatic carbocycles. The van der Waals surface area contributed by atoms with Crippen LogP contribution < -0.4 is 5.73 Å². The van der Waals surface area contributed by atoms with Crippen LogP contribution in [0.15, 0.2) is 55.8 Å². The lowest BCUT2D eigenvalue weighted by Gasteiger charge is -2.12. The molecule has 2 rings (SSSR count). The minimum absolute atomic E-state index is 0.0936. The molecule has 3 N–H and O–H groups in total. The molecule has 0 aliphatic rings. The van der Waals surface area contributed by atoms with Crippen LogP contribution in [0.1, 0.15) is 12.5 Å². The van der Waals surface area contributed by atoms with E-state index in [1.807, 2.05) is 30.3 Å². The average molecular weight is 368 g/mol. The van der Waals surface area contributed by atoms with E-state index in [1.54, 1.807) is 18.0 Å². The predicted molar refractivity (Wildman–Crippen MR) is 89.9 cm³/mol. The first-order valence-electron chi connectivity index (χ1n) is 6.02. The Kier molecular flexibility index (Phi) is 5.51. The number of aromatic nitrogens is 1. The quantitative estimate of drug-likeness (QED) is 0.467. The largest absolute Gasteiger partial charge is 0.384 e. The molecule has 6 heteroatoms. The van der Waals surface area contributed by atoms with Gasteiger partial charge in [-0.15, -0.1) is 11.8 Å². The smallest absolute Gasteiger partial charge is 0.125 e. The number of hydrogen-bond donors (Lipinski definition) is 2. The normalized spacial score (nSPS) is 10.5. The van der Waals surface area contributed by atoms with E-state index < -0.39 is 0 Å². The van der Waals surface area contributed by atoms with Gasteiger partial charge in [-0.1, -0.05) is 24.8 Å². The summed E-state index contributed by atoms with van der Waals surface area (Å²) in [7, 11) is 0. The number of thioether (sulfide) groups is 1. The topological polar surface area (TPSA) is 62.8 Å². The van der Waals surface area contributed by atoms with Crippen LogP contribution in [0.5, 0.6) is 0 Å². The van der Waals surface area contributed by atoms with Gasteiger partial charge in [-0.2, -0.15) is 0 Å². The lowest BCUT2D eigenvalue weighted by Crippen LogP contribution is -2.13. The summed E-state index contributed by atoms with van der Waals surface area (Å²) in [6.07, 6.45) is 1.76. The standard InChI is InChI=1S/C14H14BrN3S2/c1-2-19-10-6-3-7-11(12(10)13(16)17)20-14-9(15)5-4-8-18-14/h3-8H,2H2,1H3,(H3,16,17). The van der Waals surface area contributed by atoms with Crippen molar-refractivity contribution in [1.82, 2.24) is 4.98 Å². The van der Waals surface area contributed by atoms with Crippen molar-refractivity contribution in [1.29, 1.82) is 5.41 Å². The third kappa shape index (κ3) is 3.56. The molecule has 0 radical (unpaired) electrons. The summed E-state index contributed by atoms with van der Waals surface area (Å²) >= 11 is 6.70. The first-order valence-corrected chi connectivity index (χ1v) is 8.61. The van der Waals surface area contributed by atoms with Crippen LogP contribution in [0.2, 0.25) is 0 Å². The van der Waals surface area contributed by atoms with Crippen molar-refractivity contribution in [3.05, 3.63) is 46.6 Å². The highest BCUT2D eigenvalue weighted by atomic mass is 79.9. The molecule has 0 bridgehead atoms. The lowest BCUT2D eigenvalue weighted by molar-refractivity contribution is 1.10. The molecule has 3 nitrogen and oxygen atoms in total. The molecular weight excluding hydrogens is 354 g/mol. The van der Waals surface area contributed by atoms with E-state index in [0.29, 0.717) is 0 Å². The van der Waals surface area contributed by atoms with E-state index in [2.05, 4.69) is 27.8 Å². The van der Waals surface area contributed by atoms with E-state index in [4.69, 9.17) is 11.1 Å². The summed E-state index contributed by atoms with van der Waals surface area (Å²) in [5.74, 6) is 1.04. The highest BCUT2D eigenvalue weighted by Gasteiger charge is 2.14. The van der Waals surface area contributed by atoms with Gasteiger partial charge in [-0.05, 0) is 45.9 Å². The van der Waals surface area contributed by atoms with Gasteiger partial charge in [0.1, 0.15) is 10.9 Å². The van der Waals surface area contributed by atoms with Gasteiger partial charge in [-0.25, -0.2) is 4.98 Å². The molecule has 20 heavy (non-hydrogen) atoms. The van der Waals surface area contributed by atoms with Gasteiger partial charge in [-0.3, -0.25) is 5.41 Å². The fraction of sp³-hybridized carbons (Fsp3) is 0.143. The molecule has 0 aliphatic heterocycles. The third-order valence-corrected chi connectivity index (χ3v) is 5.41. The predicted octanol–water partition coefficient (Wildman–Crippen LogP) is 4.39. The van der Waals surface area contributed by atoms with Crippen molar-refractivity contribution < 1.29 is 0 Å². The number of benzene rings is 1. The van der Waals surface area contributed by atoms with Gasteiger partial charge in [0.05, 0.1) is 4.47 Å². The number of rotatable bonds is 5. The van der Waals surface area contributed by atoms with Crippen LogP contribution in [0.25, 0.3) is 0 Å². The number of pyridine rings is 1. The third-order valence-electron chi connectivity index (χ3n) is 2.49. The highest BCUT2D eigenvalue weighted by molar-refractivity contribution is 9.10. The Balaban J connectivity index is 2.44. The number of nitrogens with one attached hydrogen (secondary N) is 1. The van der Waals surface area contributed by atoms with Crippen LogP contribution in [0.3, 0.4) is 0 Å². The number of hydrogen-bond acceptors (Lipinski definition) is 4. The molecule has 0 saturated heterocycles. The summed E-state index contributed by atoms with van der Waals surface area (Å²) in [5, 5.41) is 8.70. The Bertz CT molecular complexity index is 632. The summed E-state index contributed by atoms with van der Waals surface area (Å²) in [4.78, 5) is 6.34. The maximum absolute atomic E-state index is 7.83. The van der Waals surface area contributed by atoms with Crippen LogP contribution in [0, 0.1) is 5.41 Å². The van der Waals surface area contributed by atoms with Crippen molar-refractivity contribution >= 4 is 45.3 Å². The summed E-state index contributed by atoms with van der Waals surface area (Å²) in [6.45, 7) is 2.09. The number of halogens is 1. The van der Waals surface area contributed by atoms with Gasteiger partial charge >= 0.3 is 0 Å². The van der Waals surface area contributed by atoms with E-state index in [1.165, 1.54) is 11.8 Å². The average Bonchev–Trinajstić information content (AvgIpc) is 2.41. The van der Waals surface area contributed by atoms with Crippen LogP contribution in [0.4, 0.5) is 0 Å². The fourth-order valence-electron chi connectivity index (χ4n) is 1.69. The van der Waals surface area contributed by atoms with E-state index in [0.717, 1.165) is 30.6 Å². The first-order chi connectivity index (χ1) is 9.63. The second-order valence-corrected chi connectivity index (χ2v) is 7.06. The number of amidine groups is 1. The van der Waals surface area contributed by atoms with Crippen molar-refractivity contribution in [2.24, 2.45) is 5.73 Å². The Morgan fingerprint density at radius 1 is 1.30 bits per heavy atom. The Morgan fingerprint density at radius 3 is 2.70 bits per heavy atom. The Morgan fingerprint density at radius 2 is 2.05 bits per heavy atom. The SMILES string of the molecule is CCSc1cccc(Sc2ncccc2Br)c1C(=N)N. The monoisotopic (exact) mass is 367 g/mol.